The van der Waals surface area contributed by atoms with E-state index in [9.17, 15) is 0 Å². The quantitative estimate of drug-likeness (QED) is 0.702. The van der Waals surface area contributed by atoms with Crippen molar-refractivity contribution in [3.63, 3.8) is 0 Å². The van der Waals surface area contributed by atoms with E-state index in [1.54, 1.807) is 0 Å². The summed E-state index contributed by atoms with van der Waals surface area (Å²) in [5, 5.41) is 0. The molecule has 0 amide bonds. The summed E-state index contributed by atoms with van der Waals surface area (Å²) in [5.74, 6) is 0. The average Bonchev–Trinajstić information content (AvgIpc) is 2.07. The molecule has 1 spiro atoms. The summed E-state index contributed by atoms with van der Waals surface area (Å²) in [7, 11) is 0. The van der Waals surface area contributed by atoms with Gasteiger partial charge in [-0.3, -0.25) is 10.9 Å². The molecule has 0 bridgehead atoms. The van der Waals surface area contributed by atoms with Crippen molar-refractivity contribution in [3.8, 4) is 0 Å². The third-order valence-corrected chi connectivity index (χ3v) is 3.12. The number of hydrazine groups is 1. The van der Waals surface area contributed by atoms with Crippen LogP contribution in [-0.4, -0.2) is 12.1 Å². The first-order chi connectivity index (χ1) is 5.41. The van der Waals surface area contributed by atoms with Crippen molar-refractivity contribution < 1.29 is 0 Å². The van der Waals surface area contributed by atoms with Crippen molar-refractivity contribution in [1.82, 2.24) is 10.9 Å². The van der Waals surface area contributed by atoms with Crippen LogP contribution in [0.15, 0.2) is 0 Å². The van der Waals surface area contributed by atoms with Crippen LogP contribution in [0.1, 0.15) is 44.9 Å². The zero-order chi connectivity index (χ0) is 7.57. The fraction of sp³-hybridized carbons (Fsp3) is 1.00. The van der Waals surface area contributed by atoms with Crippen LogP contribution in [0.4, 0.5) is 0 Å². The predicted octanol–water partition coefficient (Wildman–Crippen LogP) is 2.84. The van der Waals surface area contributed by atoms with Gasteiger partial charge in [0.2, 0.25) is 0 Å². The highest BCUT2D eigenvalue weighted by Gasteiger charge is 2.32. The monoisotopic (exact) mass is 262 g/mol. The molecule has 1 aliphatic carbocycles. The average molecular weight is 264 g/mol. The smallest absolute Gasteiger partial charge is 0.0324 e. The Morgan fingerprint density at radius 2 is 1.29 bits per heavy atom. The Morgan fingerprint density at radius 1 is 0.714 bits per heavy atom. The number of hydrogen-bond acceptors (Lipinski definition) is 2. The first-order valence-corrected chi connectivity index (χ1v) is 4.91. The summed E-state index contributed by atoms with van der Waals surface area (Å²) in [6.45, 7) is 1.15. The van der Waals surface area contributed by atoms with E-state index < -0.39 is 0 Å². The third kappa shape index (κ3) is 4.11. The summed E-state index contributed by atoms with van der Waals surface area (Å²) in [6, 6.07) is 0. The van der Waals surface area contributed by atoms with Crippen LogP contribution in [0, 0.1) is 0 Å². The lowest BCUT2D eigenvalue weighted by Gasteiger charge is -2.41. The van der Waals surface area contributed by atoms with E-state index in [-0.39, 0.29) is 37.2 Å². The molecule has 5 heteroatoms. The molecule has 0 aromatic heterocycles. The fourth-order valence-corrected chi connectivity index (χ4v) is 2.43. The Labute approximate surface area is 105 Å². The van der Waals surface area contributed by atoms with E-state index in [0.29, 0.717) is 5.54 Å². The Bertz CT molecular complexity index is 113. The molecule has 88 valence electrons. The van der Waals surface area contributed by atoms with E-state index in [1.807, 2.05) is 0 Å². The van der Waals surface area contributed by atoms with Crippen LogP contribution >= 0.6 is 37.2 Å². The molecule has 2 nitrogen and oxygen atoms in total. The Hall–Kier alpha value is 0.790. The van der Waals surface area contributed by atoms with Gasteiger partial charge in [-0.05, 0) is 25.7 Å². The Balaban J connectivity index is 0. The standard InChI is InChI=1S/C9H18N2.3ClH/c1-2-5-9(6-3-1)7-4-8-10-11-9;;;/h10-11H,1-8H2;3*1H. The minimum Gasteiger partial charge on any atom is -0.257 e. The maximum Gasteiger partial charge on any atom is 0.0324 e. The lowest BCUT2D eigenvalue weighted by molar-refractivity contribution is 0.156. The summed E-state index contributed by atoms with van der Waals surface area (Å²) in [4.78, 5) is 0. The first-order valence-electron chi connectivity index (χ1n) is 4.91. The molecule has 1 saturated heterocycles. The molecule has 0 aromatic rings. The third-order valence-electron chi connectivity index (χ3n) is 3.12. The molecule has 14 heavy (non-hydrogen) atoms. The molecule has 2 fully saturated rings. The normalized spacial score (nSPS) is 24.0. The van der Waals surface area contributed by atoms with Crippen LogP contribution in [0.2, 0.25) is 0 Å². The van der Waals surface area contributed by atoms with Gasteiger partial charge in [0.05, 0.1) is 0 Å². The van der Waals surface area contributed by atoms with Gasteiger partial charge in [0.15, 0.2) is 0 Å². The first kappa shape index (κ1) is 17.2. The van der Waals surface area contributed by atoms with Gasteiger partial charge in [0, 0.05) is 12.1 Å². The largest absolute Gasteiger partial charge is 0.257 e. The minimum atomic E-state index is 0. The highest BCUT2D eigenvalue weighted by molar-refractivity contribution is 5.86. The zero-order valence-electron chi connectivity index (χ0n) is 8.38. The number of rotatable bonds is 0. The van der Waals surface area contributed by atoms with Gasteiger partial charge in [0.1, 0.15) is 0 Å². The lowest BCUT2D eigenvalue weighted by Crippen LogP contribution is -2.57. The van der Waals surface area contributed by atoms with Gasteiger partial charge in [-0.15, -0.1) is 37.2 Å². The minimum absolute atomic E-state index is 0. The topological polar surface area (TPSA) is 24.1 Å². The highest BCUT2D eigenvalue weighted by Crippen LogP contribution is 2.32. The number of nitrogens with one attached hydrogen (secondary N) is 2. The van der Waals surface area contributed by atoms with Crippen LogP contribution in [-0.2, 0) is 0 Å². The van der Waals surface area contributed by atoms with E-state index in [1.165, 1.54) is 44.9 Å². The van der Waals surface area contributed by atoms with Gasteiger partial charge in [-0.2, -0.15) is 0 Å². The number of halogens is 3. The van der Waals surface area contributed by atoms with Crippen LogP contribution < -0.4 is 10.9 Å². The maximum atomic E-state index is 3.48. The van der Waals surface area contributed by atoms with Gasteiger partial charge in [-0.25, -0.2) is 0 Å². The lowest BCUT2D eigenvalue weighted by atomic mass is 9.78. The van der Waals surface area contributed by atoms with Crippen molar-refractivity contribution in [1.29, 1.82) is 0 Å². The summed E-state index contributed by atoms with van der Waals surface area (Å²) >= 11 is 0. The molecule has 1 saturated carbocycles. The zero-order valence-corrected chi connectivity index (χ0v) is 10.8. The molecular weight excluding hydrogens is 242 g/mol. The van der Waals surface area contributed by atoms with Crippen LogP contribution in [0.5, 0.6) is 0 Å². The predicted molar refractivity (Wildman–Crippen MR) is 67.9 cm³/mol. The van der Waals surface area contributed by atoms with Crippen LogP contribution in [0.25, 0.3) is 0 Å². The molecule has 0 aromatic carbocycles. The molecule has 0 unspecified atom stereocenters. The molecule has 2 N–H and O–H groups in total. The van der Waals surface area contributed by atoms with Gasteiger partial charge in [-0.1, -0.05) is 19.3 Å². The second-order valence-electron chi connectivity index (χ2n) is 4.00. The van der Waals surface area contributed by atoms with Crippen molar-refractivity contribution in [2.45, 2.75) is 50.5 Å². The summed E-state index contributed by atoms with van der Waals surface area (Å²) in [5.41, 5.74) is 7.28. The molecule has 0 radical (unpaired) electrons. The van der Waals surface area contributed by atoms with E-state index in [4.69, 9.17) is 0 Å². The van der Waals surface area contributed by atoms with Gasteiger partial charge < -0.3 is 0 Å². The number of hydrogen-bond donors (Lipinski definition) is 2. The van der Waals surface area contributed by atoms with E-state index in [0.717, 1.165) is 6.54 Å². The summed E-state index contributed by atoms with van der Waals surface area (Å²) < 4.78 is 0. The highest BCUT2D eigenvalue weighted by atomic mass is 35.5. The molecule has 1 heterocycles. The molecule has 2 aliphatic rings. The fourth-order valence-electron chi connectivity index (χ4n) is 2.43. The van der Waals surface area contributed by atoms with Gasteiger partial charge in [0.25, 0.3) is 0 Å². The van der Waals surface area contributed by atoms with E-state index in [2.05, 4.69) is 10.9 Å². The molecule has 0 atom stereocenters. The Kier molecular flexibility index (Phi) is 9.83. The molecule has 2 rings (SSSR count). The van der Waals surface area contributed by atoms with Crippen molar-refractivity contribution >= 4 is 37.2 Å². The molecular formula is C9H21Cl3N2. The molecule has 1 aliphatic heterocycles. The Morgan fingerprint density at radius 3 is 1.79 bits per heavy atom. The van der Waals surface area contributed by atoms with Gasteiger partial charge >= 0.3 is 0 Å². The maximum absolute atomic E-state index is 3.48. The second-order valence-corrected chi connectivity index (χ2v) is 4.00. The second kappa shape index (κ2) is 8.00. The van der Waals surface area contributed by atoms with Crippen molar-refractivity contribution in [2.24, 2.45) is 0 Å². The van der Waals surface area contributed by atoms with Crippen molar-refractivity contribution in [2.75, 3.05) is 6.54 Å². The SMILES string of the molecule is C1CCC2(CC1)CCCNN2.Cl.Cl.Cl. The van der Waals surface area contributed by atoms with Crippen molar-refractivity contribution in [3.05, 3.63) is 0 Å². The van der Waals surface area contributed by atoms with E-state index >= 15 is 0 Å². The summed E-state index contributed by atoms with van der Waals surface area (Å²) in [6.07, 6.45) is 9.82. The van der Waals surface area contributed by atoms with Crippen LogP contribution in [0.3, 0.4) is 0 Å².